The predicted molar refractivity (Wildman–Crippen MR) is 50.5 cm³/mol. The third-order valence-corrected chi connectivity index (χ3v) is 2.97. The maximum atomic E-state index is 5.64. The van der Waals surface area contributed by atoms with Crippen molar-refractivity contribution in [2.24, 2.45) is 0 Å². The molecule has 0 fully saturated rings. The molecule has 1 aromatic heterocycles. The first-order valence-corrected chi connectivity index (χ1v) is 5.49. The van der Waals surface area contributed by atoms with Gasteiger partial charge in [-0.3, -0.25) is 0 Å². The number of fused-ring (bicyclic) bond motifs is 1. The van der Waals surface area contributed by atoms with Crippen LogP contribution in [0, 0.1) is 0 Å². The van der Waals surface area contributed by atoms with E-state index >= 15 is 0 Å². The lowest BCUT2D eigenvalue weighted by molar-refractivity contribution is 0.439. The summed E-state index contributed by atoms with van der Waals surface area (Å²) in [5, 5.41) is 0. The number of rotatable bonds is 1. The molecule has 0 radical (unpaired) electrons. The van der Waals surface area contributed by atoms with Crippen molar-refractivity contribution < 1.29 is 4.42 Å². The molecule has 3 heteroatoms. The van der Waals surface area contributed by atoms with Gasteiger partial charge in [0.25, 0.3) is 0 Å². The van der Waals surface area contributed by atoms with Gasteiger partial charge in [0, 0.05) is 23.8 Å². The van der Waals surface area contributed by atoms with Crippen LogP contribution in [0.25, 0.3) is 0 Å². The zero-order chi connectivity index (χ0) is 8.55. The van der Waals surface area contributed by atoms with E-state index in [9.17, 15) is 0 Å². The summed E-state index contributed by atoms with van der Waals surface area (Å²) in [4.78, 5) is 4.46. The topological polar surface area (TPSA) is 26.0 Å². The highest BCUT2D eigenvalue weighted by molar-refractivity contribution is 7.98. The van der Waals surface area contributed by atoms with Gasteiger partial charge < -0.3 is 4.42 Å². The Morgan fingerprint density at radius 3 is 3.00 bits per heavy atom. The molecule has 0 saturated carbocycles. The quantitative estimate of drug-likeness (QED) is 0.669. The molecule has 2 rings (SSSR count). The molecule has 0 aliphatic carbocycles. The highest BCUT2D eigenvalue weighted by Crippen LogP contribution is 2.27. The lowest BCUT2D eigenvalue weighted by Gasteiger charge is -2.05. The van der Waals surface area contributed by atoms with Crippen molar-refractivity contribution in [3.8, 4) is 0 Å². The predicted octanol–water partition coefficient (Wildman–Crippen LogP) is 2.59. The third kappa shape index (κ3) is 1.38. The molecule has 0 aromatic carbocycles. The van der Waals surface area contributed by atoms with Gasteiger partial charge in [0.15, 0.2) is 5.89 Å². The van der Waals surface area contributed by atoms with Crippen LogP contribution in [-0.2, 0) is 12.2 Å². The van der Waals surface area contributed by atoms with E-state index in [0.29, 0.717) is 5.92 Å². The lowest BCUT2D eigenvalue weighted by Crippen LogP contribution is -1.99. The number of aromatic nitrogens is 1. The second-order valence-corrected chi connectivity index (χ2v) is 4.48. The molecule has 1 aromatic rings. The summed E-state index contributed by atoms with van der Waals surface area (Å²) in [6.07, 6.45) is 1.06. The molecule has 0 atom stereocenters. The Morgan fingerprint density at radius 1 is 1.50 bits per heavy atom. The monoisotopic (exact) mass is 183 g/mol. The van der Waals surface area contributed by atoms with Gasteiger partial charge >= 0.3 is 0 Å². The number of nitrogens with zero attached hydrogens (tertiary/aromatic N) is 1. The lowest BCUT2D eigenvalue weighted by atomic mass is 10.2. The Hall–Kier alpha value is -0.440. The second-order valence-electron chi connectivity index (χ2n) is 3.38. The van der Waals surface area contributed by atoms with E-state index in [1.54, 1.807) is 0 Å². The van der Waals surface area contributed by atoms with Crippen LogP contribution < -0.4 is 0 Å². The van der Waals surface area contributed by atoms with E-state index in [1.807, 2.05) is 11.8 Å². The first kappa shape index (κ1) is 8.17. The van der Waals surface area contributed by atoms with Crippen LogP contribution >= 0.6 is 11.8 Å². The minimum absolute atomic E-state index is 0.417. The fraction of sp³-hybridized carbons (Fsp3) is 0.667. The molecule has 0 amide bonds. The molecular weight excluding hydrogens is 170 g/mol. The molecule has 12 heavy (non-hydrogen) atoms. The summed E-state index contributed by atoms with van der Waals surface area (Å²) in [5.74, 6) is 4.66. The molecule has 0 N–H and O–H groups in total. The van der Waals surface area contributed by atoms with Gasteiger partial charge in [0.1, 0.15) is 5.76 Å². The largest absolute Gasteiger partial charge is 0.445 e. The van der Waals surface area contributed by atoms with Crippen LogP contribution in [0.4, 0.5) is 0 Å². The highest BCUT2D eigenvalue weighted by Gasteiger charge is 2.18. The van der Waals surface area contributed by atoms with E-state index < -0.39 is 0 Å². The number of hydrogen-bond acceptors (Lipinski definition) is 3. The van der Waals surface area contributed by atoms with Crippen LogP contribution in [0.1, 0.15) is 37.1 Å². The van der Waals surface area contributed by atoms with Gasteiger partial charge in [-0.1, -0.05) is 13.8 Å². The number of thioether (sulfide) groups is 1. The summed E-state index contributed by atoms with van der Waals surface area (Å²) in [6.45, 7) is 4.23. The Labute approximate surface area is 76.8 Å². The molecule has 0 bridgehead atoms. The fourth-order valence-electron chi connectivity index (χ4n) is 1.29. The highest BCUT2D eigenvalue weighted by atomic mass is 32.2. The standard InChI is InChI=1S/C9H13NOS/c1-6(2)9-10-7-5-12-4-3-8(7)11-9/h6H,3-5H2,1-2H3. The van der Waals surface area contributed by atoms with Crippen LogP contribution in [0.3, 0.4) is 0 Å². The SMILES string of the molecule is CC(C)c1nc2c(o1)CCSC2. The van der Waals surface area contributed by atoms with Crippen LogP contribution in [-0.4, -0.2) is 10.7 Å². The van der Waals surface area contributed by atoms with Gasteiger partial charge in [0.2, 0.25) is 0 Å². The maximum Gasteiger partial charge on any atom is 0.197 e. The van der Waals surface area contributed by atoms with Gasteiger partial charge in [-0.2, -0.15) is 11.8 Å². The first-order chi connectivity index (χ1) is 5.77. The van der Waals surface area contributed by atoms with E-state index in [0.717, 1.165) is 23.8 Å². The number of hydrogen-bond donors (Lipinski definition) is 0. The van der Waals surface area contributed by atoms with Crippen molar-refractivity contribution in [2.45, 2.75) is 31.9 Å². The van der Waals surface area contributed by atoms with E-state index in [1.165, 1.54) is 11.4 Å². The molecular formula is C9H13NOS. The van der Waals surface area contributed by atoms with Crippen molar-refractivity contribution in [3.63, 3.8) is 0 Å². The van der Waals surface area contributed by atoms with Crippen molar-refractivity contribution in [1.29, 1.82) is 0 Å². The van der Waals surface area contributed by atoms with Gasteiger partial charge in [-0.25, -0.2) is 4.98 Å². The Bertz CT molecular complexity index is 257. The molecule has 0 spiro atoms. The second kappa shape index (κ2) is 3.13. The molecule has 0 saturated heterocycles. The zero-order valence-electron chi connectivity index (χ0n) is 7.46. The molecule has 2 nitrogen and oxygen atoms in total. The van der Waals surface area contributed by atoms with E-state index in [2.05, 4.69) is 18.8 Å². The van der Waals surface area contributed by atoms with Crippen LogP contribution in [0.5, 0.6) is 0 Å². The van der Waals surface area contributed by atoms with Crippen LogP contribution in [0.2, 0.25) is 0 Å². The average molecular weight is 183 g/mol. The Morgan fingerprint density at radius 2 is 2.33 bits per heavy atom. The summed E-state index contributed by atoms with van der Waals surface area (Å²) >= 11 is 1.94. The molecule has 1 aliphatic rings. The normalized spacial score (nSPS) is 16.6. The van der Waals surface area contributed by atoms with Crippen molar-refractivity contribution in [3.05, 3.63) is 17.3 Å². The van der Waals surface area contributed by atoms with Crippen molar-refractivity contribution in [1.82, 2.24) is 4.98 Å². The van der Waals surface area contributed by atoms with Crippen molar-refractivity contribution in [2.75, 3.05) is 5.75 Å². The zero-order valence-corrected chi connectivity index (χ0v) is 8.28. The minimum atomic E-state index is 0.417. The Kier molecular flexibility index (Phi) is 2.13. The van der Waals surface area contributed by atoms with Gasteiger partial charge in [0.05, 0.1) is 5.69 Å². The summed E-state index contributed by atoms with van der Waals surface area (Å²) < 4.78 is 5.64. The maximum absolute atomic E-state index is 5.64. The molecule has 2 heterocycles. The number of aryl methyl sites for hydroxylation is 1. The fourth-order valence-corrected chi connectivity index (χ4v) is 2.19. The van der Waals surface area contributed by atoms with Crippen molar-refractivity contribution >= 4 is 11.8 Å². The molecule has 1 aliphatic heterocycles. The minimum Gasteiger partial charge on any atom is -0.445 e. The summed E-state index contributed by atoms with van der Waals surface area (Å²) in [7, 11) is 0. The smallest absolute Gasteiger partial charge is 0.197 e. The number of oxazole rings is 1. The first-order valence-electron chi connectivity index (χ1n) is 4.33. The van der Waals surface area contributed by atoms with Gasteiger partial charge in [-0.15, -0.1) is 0 Å². The van der Waals surface area contributed by atoms with E-state index in [-0.39, 0.29) is 0 Å². The van der Waals surface area contributed by atoms with E-state index in [4.69, 9.17) is 4.42 Å². The summed E-state index contributed by atoms with van der Waals surface area (Å²) in [6, 6.07) is 0. The van der Waals surface area contributed by atoms with Crippen LogP contribution in [0.15, 0.2) is 4.42 Å². The average Bonchev–Trinajstić information content (AvgIpc) is 2.46. The van der Waals surface area contributed by atoms with Gasteiger partial charge in [-0.05, 0) is 0 Å². The molecule has 66 valence electrons. The third-order valence-electron chi connectivity index (χ3n) is 2.00. The Balaban J connectivity index is 2.32. The summed E-state index contributed by atoms with van der Waals surface area (Å²) in [5.41, 5.74) is 1.18. The molecule has 0 unspecified atom stereocenters.